The van der Waals surface area contributed by atoms with Crippen LogP contribution in [0.1, 0.15) is 29.6 Å². The van der Waals surface area contributed by atoms with Gasteiger partial charge in [-0.15, -0.1) is 0 Å². The van der Waals surface area contributed by atoms with Crippen molar-refractivity contribution >= 4 is 39.4 Å². The van der Waals surface area contributed by atoms with Crippen LogP contribution in [0, 0.1) is 5.41 Å². The molecule has 3 aromatic heterocycles. The molecule has 35 heavy (non-hydrogen) atoms. The average molecular weight is 471 g/mol. The Balaban J connectivity index is 1.49. The van der Waals surface area contributed by atoms with Crippen LogP contribution in [0.4, 0.5) is 5.82 Å². The fourth-order valence-electron chi connectivity index (χ4n) is 5.58. The summed E-state index contributed by atoms with van der Waals surface area (Å²) in [7, 11) is 1.59. The minimum atomic E-state index is -0.537. The van der Waals surface area contributed by atoms with E-state index < -0.39 is 5.91 Å². The Morgan fingerprint density at radius 1 is 1.14 bits per heavy atom. The third-order valence-electron chi connectivity index (χ3n) is 7.40. The lowest BCUT2D eigenvalue weighted by Crippen LogP contribution is -2.47. The maximum Gasteiger partial charge on any atom is 0.252 e. The fourth-order valence-corrected chi connectivity index (χ4v) is 5.58. The number of amides is 2. The molecule has 6 rings (SSSR count). The number of fused-ring (bicyclic) bond motifs is 3. The van der Waals surface area contributed by atoms with Crippen LogP contribution in [0.25, 0.3) is 32.9 Å². The summed E-state index contributed by atoms with van der Waals surface area (Å²) in [6, 6.07) is 9.88. The zero-order valence-corrected chi connectivity index (χ0v) is 19.4. The molecule has 5 heterocycles. The van der Waals surface area contributed by atoms with Crippen LogP contribution in [0.15, 0.2) is 42.7 Å². The highest BCUT2D eigenvalue weighted by Crippen LogP contribution is 2.41. The standard InChI is InChI=1S/C26H26N6O3/c1-35-20-6-4-16(12-29-20)15-3-5-17-19(11-15)31-22-18(23(27)33)13-30-24(21(17)22)32-10-2-7-26(14-32)8-9-28-25(26)34/h3-6,11-13,31H,2,7-10,14H2,1H3,(H2,27,33)(H,28,34)/t26-/m1/s1. The molecule has 2 saturated heterocycles. The molecule has 1 atom stereocenters. The number of carbonyl (C=O) groups excluding carboxylic acids is 2. The third-order valence-corrected chi connectivity index (χ3v) is 7.40. The number of piperidine rings is 1. The number of pyridine rings is 2. The van der Waals surface area contributed by atoms with Gasteiger partial charge in [0.25, 0.3) is 5.91 Å². The van der Waals surface area contributed by atoms with Gasteiger partial charge in [0.15, 0.2) is 0 Å². The largest absolute Gasteiger partial charge is 0.481 e. The minimum absolute atomic E-state index is 0.129. The van der Waals surface area contributed by atoms with E-state index >= 15 is 0 Å². The molecule has 2 aliphatic rings. The first-order valence-electron chi connectivity index (χ1n) is 11.8. The number of nitrogens with one attached hydrogen (secondary N) is 2. The highest BCUT2D eigenvalue weighted by atomic mass is 16.5. The Bertz CT molecular complexity index is 1480. The van der Waals surface area contributed by atoms with E-state index in [-0.39, 0.29) is 11.3 Å². The number of ether oxygens (including phenoxy) is 1. The van der Waals surface area contributed by atoms with Gasteiger partial charge in [-0.25, -0.2) is 9.97 Å². The number of nitrogens with two attached hydrogens (primary N) is 1. The van der Waals surface area contributed by atoms with Crippen molar-refractivity contribution in [1.82, 2.24) is 20.3 Å². The van der Waals surface area contributed by atoms with E-state index in [1.807, 2.05) is 30.3 Å². The number of carbonyl (C=O) groups is 2. The smallest absolute Gasteiger partial charge is 0.252 e. The third kappa shape index (κ3) is 3.38. The second-order valence-corrected chi connectivity index (χ2v) is 9.40. The van der Waals surface area contributed by atoms with Crippen molar-refractivity contribution in [3.05, 3.63) is 48.3 Å². The highest BCUT2D eigenvalue weighted by molar-refractivity contribution is 6.18. The number of rotatable bonds is 4. The molecule has 4 aromatic rings. The van der Waals surface area contributed by atoms with E-state index in [1.54, 1.807) is 19.5 Å². The molecule has 178 valence electrons. The van der Waals surface area contributed by atoms with E-state index in [1.165, 1.54) is 0 Å². The van der Waals surface area contributed by atoms with E-state index in [0.717, 1.165) is 59.0 Å². The van der Waals surface area contributed by atoms with Crippen molar-refractivity contribution in [3.63, 3.8) is 0 Å². The molecular weight excluding hydrogens is 444 g/mol. The van der Waals surface area contributed by atoms with E-state index in [9.17, 15) is 9.59 Å². The Morgan fingerprint density at radius 3 is 2.71 bits per heavy atom. The van der Waals surface area contributed by atoms with E-state index in [4.69, 9.17) is 15.5 Å². The van der Waals surface area contributed by atoms with Gasteiger partial charge in [0, 0.05) is 54.6 Å². The highest BCUT2D eigenvalue weighted by Gasteiger charge is 2.45. The number of aromatic amines is 1. The second-order valence-electron chi connectivity index (χ2n) is 9.40. The molecule has 9 heteroatoms. The summed E-state index contributed by atoms with van der Waals surface area (Å²) >= 11 is 0. The molecule has 0 bridgehead atoms. The molecule has 0 unspecified atom stereocenters. The Morgan fingerprint density at radius 2 is 2.00 bits per heavy atom. The van der Waals surface area contributed by atoms with Gasteiger partial charge >= 0.3 is 0 Å². The molecular formula is C26H26N6O3. The molecule has 2 fully saturated rings. The number of primary amides is 1. The lowest BCUT2D eigenvalue weighted by Gasteiger charge is -2.39. The van der Waals surface area contributed by atoms with E-state index in [0.29, 0.717) is 30.0 Å². The van der Waals surface area contributed by atoms with Crippen LogP contribution in [0.5, 0.6) is 5.88 Å². The molecule has 0 aliphatic carbocycles. The number of hydrogen-bond acceptors (Lipinski definition) is 6. The normalized spacial score (nSPS) is 20.0. The monoisotopic (exact) mass is 470 g/mol. The Kier molecular flexibility index (Phi) is 4.87. The predicted molar refractivity (Wildman–Crippen MR) is 133 cm³/mol. The molecule has 1 aromatic carbocycles. The van der Waals surface area contributed by atoms with Gasteiger partial charge < -0.3 is 25.7 Å². The summed E-state index contributed by atoms with van der Waals surface area (Å²) < 4.78 is 5.17. The van der Waals surface area contributed by atoms with Gasteiger partial charge in [-0.2, -0.15) is 0 Å². The first-order chi connectivity index (χ1) is 17.0. The fraction of sp³-hybridized carbons (Fsp3) is 0.308. The van der Waals surface area contributed by atoms with Crippen LogP contribution in [0.3, 0.4) is 0 Å². The van der Waals surface area contributed by atoms with Crippen LogP contribution >= 0.6 is 0 Å². The van der Waals surface area contributed by atoms with Crippen molar-refractivity contribution in [3.8, 4) is 17.0 Å². The number of methoxy groups -OCH3 is 1. The number of H-pyrrole nitrogens is 1. The van der Waals surface area contributed by atoms with Crippen molar-refractivity contribution in [2.75, 3.05) is 31.6 Å². The number of nitrogens with zero attached hydrogens (tertiary/aromatic N) is 3. The number of anilines is 1. The van der Waals surface area contributed by atoms with Gasteiger partial charge in [-0.05, 0) is 37.0 Å². The van der Waals surface area contributed by atoms with Gasteiger partial charge in [0.1, 0.15) is 5.82 Å². The maximum atomic E-state index is 12.7. The Labute approximate surface area is 201 Å². The van der Waals surface area contributed by atoms with Crippen LogP contribution in [0.2, 0.25) is 0 Å². The molecule has 2 amide bonds. The quantitative estimate of drug-likeness (QED) is 0.421. The van der Waals surface area contributed by atoms with Gasteiger partial charge in [-0.3, -0.25) is 9.59 Å². The topological polar surface area (TPSA) is 126 Å². The molecule has 0 radical (unpaired) electrons. The molecule has 9 nitrogen and oxygen atoms in total. The van der Waals surface area contributed by atoms with Crippen LogP contribution in [-0.4, -0.2) is 53.5 Å². The van der Waals surface area contributed by atoms with Gasteiger partial charge in [0.2, 0.25) is 11.8 Å². The van der Waals surface area contributed by atoms with Gasteiger partial charge in [0.05, 0.1) is 29.0 Å². The minimum Gasteiger partial charge on any atom is -0.481 e. The average Bonchev–Trinajstić information content (AvgIpc) is 3.43. The SMILES string of the molecule is COc1ccc(-c2ccc3c(c2)[nH]c2c(C(N)=O)cnc(N4CCC[C@@]5(CCNC5=O)C4)c23)cn1. The van der Waals surface area contributed by atoms with Crippen molar-refractivity contribution in [2.24, 2.45) is 11.1 Å². The lowest BCUT2D eigenvalue weighted by molar-refractivity contribution is -0.128. The molecule has 2 aliphatic heterocycles. The van der Waals surface area contributed by atoms with E-state index in [2.05, 4.69) is 20.2 Å². The summed E-state index contributed by atoms with van der Waals surface area (Å²) in [6.45, 7) is 2.13. The summed E-state index contributed by atoms with van der Waals surface area (Å²) in [6.07, 6.45) is 5.93. The van der Waals surface area contributed by atoms with Crippen LogP contribution in [-0.2, 0) is 4.79 Å². The summed E-state index contributed by atoms with van der Waals surface area (Å²) in [5.41, 5.74) is 9.14. The predicted octanol–water partition coefficient (Wildman–Crippen LogP) is 2.99. The number of aromatic nitrogens is 3. The molecule has 1 spiro atoms. The summed E-state index contributed by atoms with van der Waals surface area (Å²) in [5, 5.41) is 4.80. The van der Waals surface area contributed by atoms with Crippen molar-refractivity contribution in [2.45, 2.75) is 19.3 Å². The zero-order valence-electron chi connectivity index (χ0n) is 19.4. The van der Waals surface area contributed by atoms with Crippen molar-refractivity contribution < 1.29 is 14.3 Å². The summed E-state index contributed by atoms with van der Waals surface area (Å²) in [5.74, 6) is 0.917. The Hall–Kier alpha value is -4.14. The van der Waals surface area contributed by atoms with Crippen LogP contribution < -0.4 is 20.7 Å². The number of benzene rings is 1. The number of hydrogen-bond donors (Lipinski definition) is 3. The second kappa shape index (κ2) is 7.97. The van der Waals surface area contributed by atoms with Gasteiger partial charge in [-0.1, -0.05) is 12.1 Å². The zero-order chi connectivity index (χ0) is 24.2. The van der Waals surface area contributed by atoms with Crippen molar-refractivity contribution in [1.29, 1.82) is 0 Å². The summed E-state index contributed by atoms with van der Waals surface area (Å²) in [4.78, 5) is 39.5. The first kappa shape index (κ1) is 21.4. The molecule has 0 saturated carbocycles. The first-order valence-corrected chi connectivity index (χ1v) is 11.8. The maximum absolute atomic E-state index is 12.7. The molecule has 4 N–H and O–H groups in total. The lowest BCUT2D eigenvalue weighted by atomic mass is 9.78.